The number of rotatable bonds is 3. The van der Waals surface area contributed by atoms with Crippen molar-refractivity contribution in [1.29, 1.82) is 0 Å². The van der Waals surface area contributed by atoms with E-state index >= 15 is 0 Å². The zero-order valence-corrected chi connectivity index (χ0v) is 12.8. The van der Waals surface area contributed by atoms with Crippen LogP contribution in [0.4, 0.5) is 0 Å². The second-order valence-corrected chi connectivity index (χ2v) is 6.54. The molecule has 14 heavy (non-hydrogen) atoms. The van der Waals surface area contributed by atoms with Crippen molar-refractivity contribution in [2.24, 2.45) is 23.2 Å². The van der Waals surface area contributed by atoms with Gasteiger partial charge >= 0.3 is 0 Å². The van der Waals surface area contributed by atoms with Gasteiger partial charge in [0.15, 0.2) is 0 Å². The largest absolute Gasteiger partial charge is 0.0625 e. The minimum absolute atomic E-state index is 0.721. The van der Waals surface area contributed by atoms with Crippen LogP contribution in [-0.2, 0) is 0 Å². The first-order chi connectivity index (χ1) is 6.54. The first-order valence-corrected chi connectivity index (χ1v) is 7.96. The van der Waals surface area contributed by atoms with Crippen molar-refractivity contribution in [3.63, 3.8) is 0 Å². The van der Waals surface area contributed by atoms with Crippen LogP contribution in [-0.4, -0.2) is 10.2 Å². The van der Waals surface area contributed by atoms with Crippen LogP contribution in [0.5, 0.6) is 0 Å². The van der Waals surface area contributed by atoms with Gasteiger partial charge in [0.1, 0.15) is 0 Å². The van der Waals surface area contributed by atoms with Gasteiger partial charge in [0.25, 0.3) is 0 Å². The van der Waals surface area contributed by atoms with Crippen LogP contribution in [0.15, 0.2) is 0 Å². The van der Waals surface area contributed by atoms with E-state index in [4.69, 9.17) is 0 Å². The minimum atomic E-state index is 0.721. The molecule has 0 aliphatic heterocycles. The van der Waals surface area contributed by atoms with Gasteiger partial charge in [-0.1, -0.05) is 46.6 Å². The van der Waals surface area contributed by atoms with E-state index in [1.54, 1.807) is 0 Å². The average Bonchev–Trinajstić information content (AvgIpc) is 2.17. The van der Waals surface area contributed by atoms with Gasteiger partial charge in [-0.2, -0.15) is 0 Å². The Morgan fingerprint density at radius 2 is 1.86 bits per heavy atom. The Morgan fingerprint density at radius 3 is 2.21 bits per heavy atom. The molecule has 84 valence electrons. The van der Waals surface area contributed by atoms with E-state index in [0.29, 0.717) is 0 Å². The second kappa shape index (κ2) is 4.83. The molecule has 0 spiro atoms. The summed E-state index contributed by atoms with van der Waals surface area (Å²) in [4.78, 5) is 0. The average molecular weight is 212 g/mol. The maximum absolute atomic E-state index is 2.46. The highest BCUT2D eigenvalue weighted by Gasteiger charge is 2.42. The highest BCUT2D eigenvalue weighted by atomic mass is 28.1. The molecule has 0 N–H and O–H groups in total. The third kappa shape index (κ3) is 2.08. The Balaban J connectivity index is 2.87. The van der Waals surface area contributed by atoms with Crippen LogP contribution in [0.3, 0.4) is 0 Å². The van der Waals surface area contributed by atoms with Crippen molar-refractivity contribution < 1.29 is 0 Å². The lowest BCUT2D eigenvalue weighted by Crippen LogP contribution is -2.40. The molecule has 1 aliphatic carbocycles. The standard InChI is InChI=1S/C13H28Si/c1-10(2)12-7-5-6-8-13(12,9-14)11(3)4/h10-12H,5-9H2,1-4,14H3. The molecule has 0 bridgehead atoms. The molecule has 1 fully saturated rings. The van der Waals surface area contributed by atoms with Gasteiger partial charge in [0, 0.05) is 10.2 Å². The second-order valence-electron chi connectivity index (χ2n) is 5.84. The van der Waals surface area contributed by atoms with Gasteiger partial charge < -0.3 is 0 Å². The van der Waals surface area contributed by atoms with E-state index in [0.717, 1.165) is 23.2 Å². The predicted octanol–water partition coefficient (Wildman–Crippen LogP) is 3.26. The first kappa shape index (κ1) is 12.3. The third-order valence-corrected chi connectivity index (χ3v) is 6.08. The van der Waals surface area contributed by atoms with Gasteiger partial charge in [-0.05, 0) is 36.0 Å². The van der Waals surface area contributed by atoms with Crippen LogP contribution in [0.1, 0.15) is 53.4 Å². The SMILES string of the molecule is CC(C)C1CCCCC1(C[SiH3])C(C)C. The number of hydrogen-bond donors (Lipinski definition) is 0. The molecular weight excluding hydrogens is 184 g/mol. The zero-order valence-electron chi connectivity index (χ0n) is 10.8. The summed E-state index contributed by atoms with van der Waals surface area (Å²) in [5, 5.41) is 0. The molecular formula is C13H28Si. The fourth-order valence-corrected chi connectivity index (χ4v) is 5.55. The summed E-state index contributed by atoms with van der Waals surface area (Å²) in [5.74, 6) is 2.80. The van der Waals surface area contributed by atoms with E-state index in [-0.39, 0.29) is 0 Å². The Hall–Kier alpha value is 0.217. The summed E-state index contributed by atoms with van der Waals surface area (Å²) in [6.07, 6.45) is 5.98. The van der Waals surface area contributed by atoms with Gasteiger partial charge in [-0.3, -0.25) is 0 Å². The van der Waals surface area contributed by atoms with Crippen molar-refractivity contribution in [3.8, 4) is 0 Å². The van der Waals surface area contributed by atoms with Crippen molar-refractivity contribution in [2.75, 3.05) is 0 Å². The molecule has 0 aromatic carbocycles. The molecule has 0 amide bonds. The van der Waals surface area contributed by atoms with E-state index < -0.39 is 0 Å². The molecule has 1 heteroatoms. The molecule has 0 nitrogen and oxygen atoms in total. The quantitative estimate of drug-likeness (QED) is 0.630. The van der Waals surface area contributed by atoms with E-state index in [2.05, 4.69) is 27.7 Å². The Labute approximate surface area is 93.3 Å². The van der Waals surface area contributed by atoms with Gasteiger partial charge in [0.05, 0.1) is 0 Å². The monoisotopic (exact) mass is 212 g/mol. The van der Waals surface area contributed by atoms with Crippen molar-refractivity contribution in [2.45, 2.75) is 59.4 Å². The molecule has 0 saturated heterocycles. The van der Waals surface area contributed by atoms with Gasteiger partial charge in [-0.15, -0.1) is 0 Å². The zero-order chi connectivity index (χ0) is 10.8. The first-order valence-electron chi connectivity index (χ1n) is 6.54. The summed E-state index contributed by atoms with van der Waals surface area (Å²) >= 11 is 0. The fraction of sp³-hybridized carbons (Fsp3) is 1.00. The van der Waals surface area contributed by atoms with Gasteiger partial charge in [0.2, 0.25) is 0 Å². The van der Waals surface area contributed by atoms with Crippen LogP contribution >= 0.6 is 0 Å². The van der Waals surface area contributed by atoms with Crippen molar-refractivity contribution >= 4 is 10.2 Å². The lowest BCUT2D eigenvalue weighted by Gasteiger charge is -2.49. The fourth-order valence-electron chi connectivity index (χ4n) is 3.85. The molecule has 1 aliphatic rings. The number of hydrogen-bond acceptors (Lipinski definition) is 0. The third-order valence-electron chi connectivity index (χ3n) is 4.76. The molecule has 1 rings (SSSR count). The lowest BCUT2D eigenvalue weighted by atomic mass is 9.58. The Morgan fingerprint density at radius 1 is 1.21 bits per heavy atom. The Kier molecular flexibility index (Phi) is 4.24. The topological polar surface area (TPSA) is 0 Å². The molecule has 1 saturated carbocycles. The maximum Gasteiger partial charge on any atom is 0.00352 e. The maximum atomic E-state index is 2.46. The van der Waals surface area contributed by atoms with Crippen LogP contribution in [0.2, 0.25) is 6.04 Å². The van der Waals surface area contributed by atoms with Crippen LogP contribution < -0.4 is 0 Å². The van der Waals surface area contributed by atoms with Crippen LogP contribution in [0.25, 0.3) is 0 Å². The molecule has 0 radical (unpaired) electrons. The molecule has 0 aromatic heterocycles. The minimum Gasteiger partial charge on any atom is -0.0625 e. The molecule has 2 atom stereocenters. The van der Waals surface area contributed by atoms with Crippen molar-refractivity contribution in [1.82, 2.24) is 0 Å². The predicted molar refractivity (Wildman–Crippen MR) is 68.8 cm³/mol. The Bertz CT molecular complexity index is 174. The summed E-state index contributed by atoms with van der Waals surface area (Å²) in [6.45, 7) is 9.78. The summed E-state index contributed by atoms with van der Waals surface area (Å²) < 4.78 is 0. The van der Waals surface area contributed by atoms with Gasteiger partial charge in [-0.25, -0.2) is 0 Å². The summed E-state index contributed by atoms with van der Waals surface area (Å²) in [5.41, 5.74) is 0.721. The van der Waals surface area contributed by atoms with E-state index in [1.807, 2.05) is 0 Å². The summed E-state index contributed by atoms with van der Waals surface area (Å²) in [6, 6.07) is 1.52. The van der Waals surface area contributed by atoms with E-state index in [1.165, 1.54) is 42.0 Å². The molecule has 0 heterocycles. The lowest BCUT2D eigenvalue weighted by molar-refractivity contribution is 0.0307. The highest BCUT2D eigenvalue weighted by molar-refractivity contribution is 6.09. The van der Waals surface area contributed by atoms with Crippen molar-refractivity contribution in [3.05, 3.63) is 0 Å². The molecule has 2 unspecified atom stereocenters. The van der Waals surface area contributed by atoms with E-state index in [9.17, 15) is 0 Å². The smallest absolute Gasteiger partial charge is 0.00352 e. The van der Waals surface area contributed by atoms with Crippen LogP contribution in [0, 0.1) is 23.2 Å². The highest BCUT2D eigenvalue weighted by Crippen LogP contribution is 2.51. The normalized spacial score (nSPS) is 34.3. The molecule has 0 aromatic rings. The summed E-state index contributed by atoms with van der Waals surface area (Å²) in [7, 11) is 1.39.